The molecule has 2 aromatic carbocycles. The van der Waals surface area contributed by atoms with Crippen molar-refractivity contribution in [2.45, 2.75) is 39.5 Å². The van der Waals surface area contributed by atoms with E-state index in [9.17, 15) is 4.79 Å². The zero-order valence-electron chi connectivity index (χ0n) is 14.4. The summed E-state index contributed by atoms with van der Waals surface area (Å²) < 4.78 is 0. The SMILES string of the molecule is CCc1ccc(NC(=O)C=Cc2ccc(C(C)(C)C)cc2)cc1. The normalized spacial score (nSPS) is 11.7. The summed E-state index contributed by atoms with van der Waals surface area (Å²) in [6.45, 7) is 8.68. The van der Waals surface area contributed by atoms with Crippen LogP contribution in [0, 0.1) is 0 Å². The van der Waals surface area contributed by atoms with Crippen LogP contribution in [0.15, 0.2) is 54.6 Å². The highest BCUT2D eigenvalue weighted by molar-refractivity contribution is 6.01. The van der Waals surface area contributed by atoms with Crippen molar-refractivity contribution in [1.82, 2.24) is 0 Å². The van der Waals surface area contributed by atoms with Crippen LogP contribution in [0.4, 0.5) is 5.69 Å². The number of rotatable bonds is 4. The molecule has 0 saturated carbocycles. The molecule has 0 bridgehead atoms. The quantitative estimate of drug-likeness (QED) is 0.773. The maximum Gasteiger partial charge on any atom is 0.248 e. The molecule has 0 radical (unpaired) electrons. The Balaban J connectivity index is 1.97. The van der Waals surface area contributed by atoms with E-state index in [2.05, 4.69) is 45.1 Å². The van der Waals surface area contributed by atoms with Gasteiger partial charge in [-0.25, -0.2) is 0 Å². The predicted molar refractivity (Wildman–Crippen MR) is 98.6 cm³/mol. The highest BCUT2D eigenvalue weighted by Gasteiger charge is 2.12. The Kier molecular flexibility index (Phi) is 5.38. The highest BCUT2D eigenvalue weighted by Crippen LogP contribution is 2.22. The van der Waals surface area contributed by atoms with Crippen molar-refractivity contribution in [1.29, 1.82) is 0 Å². The molecule has 1 N–H and O–H groups in total. The van der Waals surface area contributed by atoms with Crippen molar-refractivity contribution in [3.63, 3.8) is 0 Å². The van der Waals surface area contributed by atoms with E-state index in [1.54, 1.807) is 6.08 Å². The van der Waals surface area contributed by atoms with Crippen molar-refractivity contribution in [3.8, 4) is 0 Å². The maximum atomic E-state index is 12.0. The molecule has 0 unspecified atom stereocenters. The van der Waals surface area contributed by atoms with Crippen LogP contribution < -0.4 is 5.32 Å². The molecule has 0 saturated heterocycles. The number of carbonyl (C=O) groups excluding carboxylic acids is 1. The van der Waals surface area contributed by atoms with E-state index in [1.165, 1.54) is 11.1 Å². The summed E-state index contributed by atoms with van der Waals surface area (Å²) in [4.78, 5) is 12.0. The van der Waals surface area contributed by atoms with Crippen molar-refractivity contribution >= 4 is 17.7 Å². The fourth-order valence-electron chi connectivity index (χ4n) is 2.27. The second-order valence-electron chi connectivity index (χ2n) is 6.75. The summed E-state index contributed by atoms with van der Waals surface area (Å²) in [5.74, 6) is -0.117. The van der Waals surface area contributed by atoms with Crippen molar-refractivity contribution in [2.24, 2.45) is 0 Å². The Bertz CT molecular complexity index is 673. The Labute approximate surface area is 139 Å². The minimum atomic E-state index is -0.117. The number of aryl methyl sites for hydroxylation is 1. The second kappa shape index (κ2) is 7.28. The largest absolute Gasteiger partial charge is 0.323 e. The molecule has 0 aromatic heterocycles. The van der Waals surface area contributed by atoms with Crippen molar-refractivity contribution in [2.75, 3.05) is 5.32 Å². The fourth-order valence-corrected chi connectivity index (χ4v) is 2.27. The molecule has 0 heterocycles. The lowest BCUT2D eigenvalue weighted by molar-refractivity contribution is -0.111. The lowest BCUT2D eigenvalue weighted by Gasteiger charge is -2.18. The molecule has 23 heavy (non-hydrogen) atoms. The van der Waals surface area contributed by atoms with Crippen molar-refractivity contribution in [3.05, 3.63) is 71.3 Å². The minimum absolute atomic E-state index is 0.117. The third-order valence-corrected chi connectivity index (χ3v) is 3.83. The molecule has 0 fully saturated rings. The topological polar surface area (TPSA) is 29.1 Å². The molecule has 0 atom stereocenters. The first kappa shape index (κ1) is 17.0. The fraction of sp³-hybridized carbons (Fsp3) is 0.286. The first-order valence-corrected chi connectivity index (χ1v) is 8.07. The Morgan fingerprint density at radius 2 is 1.61 bits per heavy atom. The number of hydrogen-bond donors (Lipinski definition) is 1. The van der Waals surface area contributed by atoms with E-state index in [-0.39, 0.29) is 11.3 Å². The van der Waals surface area contributed by atoms with E-state index < -0.39 is 0 Å². The zero-order valence-corrected chi connectivity index (χ0v) is 14.4. The van der Waals surface area contributed by atoms with E-state index in [1.807, 2.05) is 42.5 Å². The first-order valence-electron chi connectivity index (χ1n) is 8.07. The summed E-state index contributed by atoms with van der Waals surface area (Å²) in [5, 5.41) is 2.87. The zero-order chi connectivity index (χ0) is 16.9. The number of carbonyl (C=O) groups is 1. The van der Waals surface area contributed by atoms with Crippen LogP contribution in [0.3, 0.4) is 0 Å². The van der Waals surface area contributed by atoms with Crippen LogP contribution >= 0.6 is 0 Å². The Hall–Kier alpha value is -2.35. The van der Waals surface area contributed by atoms with Gasteiger partial charge in [-0.1, -0.05) is 64.1 Å². The van der Waals surface area contributed by atoms with Crippen molar-refractivity contribution < 1.29 is 4.79 Å². The van der Waals surface area contributed by atoms with Gasteiger partial charge < -0.3 is 5.32 Å². The predicted octanol–water partition coefficient (Wildman–Crippen LogP) is 5.20. The molecular weight excluding hydrogens is 282 g/mol. The molecule has 0 aliphatic carbocycles. The van der Waals surface area contributed by atoms with Gasteiger partial charge in [0.25, 0.3) is 0 Å². The minimum Gasteiger partial charge on any atom is -0.323 e. The van der Waals surface area contributed by atoms with Crippen LogP contribution in [0.2, 0.25) is 0 Å². The summed E-state index contributed by atoms with van der Waals surface area (Å²) in [6, 6.07) is 16.2. The van der Waals surface area contributed by atoms with Crippen LogP contribution in [-0.2, 0) is 16.6 Å². The van der Waals surface area contributed by atoms with Gasteiger partial charge in [0.05, 0.1) is 0 Å². The molecule has 120 valence electrons. The maximum absolute atomic E-state index is 12.0. The van der Waals surface area contributed by atoms with E-state index in [4.69, 9.17) is 0 Å². The Morgan fingerprint density at radius 3 is 2.13 bits per heavy atom. The standard InChI is InChI=1S/C21H25NO/c1-5-16-8-13-19(14-9-16)22-20(23)15-10-17-6-11-18(12-7-17)21(2,3)4/h6-15H,5H2,1-4H3,(H,22,23). The molecule has 2 aromatic rings. The average Bonchev–Trinajstić information content (AvgIpc) is 2.53. The lowest BCUT2D eigenvalue weighted by atomic mass is 9.87. The van der Waals surface area contributed by atoms with Crippen LogP contribution in [0.25, 0.3) is 6.08 Å². The number of nitrogens with one attached hydrogen (secondary N) is 1. The van der Waals surface area contributed by atoms with Crippen LogP contribution in [0.1, 0.15) is 44.4 Å². The molecule has 0 aliphatic rings. The van der Waals surface area contributed by atoms with Gasteiger partial charge in [0.2, 0.25) is 5.91 Å². The van der Waals surface area contributed by atoms with Gasteiger partial charge in [-0.3, -0.25) is 4.79 Å². The summed E-state index contributed by atoms with van der Waals surface area (Å²) >= 11 is 0. The number of anilines is 1. The lowest BCUT2D eigenvalue weighted by Crippen LogP contribution is -2.10. The van der Waals surface area contributed by atoms with E-state index in [0.717, 1.165) is 17.7 Å². The van der Waals surface area contributed by atoms with Gasteiger partial charge >= 0.3 is 0 Å². The monoisotopic (exact) mass is 307 g/mol. The number of hydrogen-bond acceptors (Lipinski definition) is 1. The molecule has 2 rings (SSSR count). The van der Waals surface area contributed by atoms with Crippen LogP contribution in [-0.4, -0.2) is 5.91 Å². The second-order valence-corrected chi connectivity index (χ2v) is 6.75. The van der Waals surface area contributed by atoms with Gasteiger partial charge in [0, 0.05) is 11.8 Å². The molecule has 0 aliphatic heterocycles. The average molecular weight is 307 g/mol. The van der Waals surface area contributed by atoms with Gasteiger partial charge in [-0.2, -0.15) is 0 Å². The van der Waals surface area contributed by atoms with E-state index >= 15 is 0 Å². The number of amides is 1. The molecule has 1 amide bonds. The molecule has 2 heteroatoms. The van der Waals surface area contributed by atoms with Gasteiger partial charge in [0.15, 0.2) is 0 Å². The smallest absolute Gasteiger partial charge is 0.248 e. The van der Waals surface area contributed by atoms with Crippen LogP contribution in [0.5, 0.6) is 0 Å². The Morgan fingerprint density at radius 1 is 1.00 bits per heavy atom. The van der Waals surface area contributed by atoms with Gasteiger partial charge in [0.1, 0.15) is 0 Å². The first-order chi connectivity index (χ1) is 10.9. The third-order valence-electron chi connectivity index (χ3n) is 3.83. The number of benzene rings is 2. The highest BCUT2D eigenvalue weighted by atomic mass is 16.1. The van der Waals surface area contributed by atoms with E-state index in [0.29, 0.717) is 0 Å². The molecule has 2 nitrogen and oxygen atoms in total. The molecule has 0 spiro atoms. The van der Waals surface area contributed by atoms with Gasteiger partial charge in [-0.05, 0) is 46.7 Å². The molecular formula is C21H25NO. The summed E-state index contributed by atoms with van der Waals surface area (Å²) in [6.07, 6.45) is 4.40. The third kappa shape index (κ3) is 5.10. The summed E-state index contributed by atoms with van der Waals surface area (Å²) in [5.41, 5.74) is 4.53. The summed E-state index contributed by atoms with van der Waals surface area (Å²) in [7, 11) is 0. The van der Waals surface area contributed by atoms with Gasteiger partial charge in [-0.15, -0.1) is 0 Å².